The van der Waals surface area contributed by atoms with Crippen LogP contribution in [0.25, 0.3) is 21.5 Å². The molecule has 1 heterocycles. The predicted molar refractivity (Wildman–Crippen MR) is 186 cm³/mol. The SMILES string of the molecule is CC1=C(N(c2ccccc2)c2cccc3ccccc23)C2=CN=C(N(c3ccccc3)c3cccc4ccccc34)C2CC1. The van der Waals surface area contributed by atoms with Gasteiger partial charge in [-0.1, -0.05) is 109 Å². The first kappa shape index (κ1) is 26.2. The maximum Gasteiger partial charge on any atom is 0.121 e. The summed E-state index contributed by atoms with van der Waals surface area (Å²) in [5.74, 6) is 1.24. The van der Waals surface area contributed by atoms with E-state index in [9.17, 15) is 0 Å². The molecule has 0 bridgehead atoms. The van der Waals surface area contributed by atoms with Crippen molar-refractivity contribution in [3.63, 3.8) is 0 Å². The van der Waals surface area contributed by atoms with Crippen molar-refractivity contribution in [2.75, 3.05) is 9.80 Å². The Morgan fingerprint density at radius 2 is 1.05 bits per heavy atom. The van der Waals surface area contributed by atoms with Crippen LogP contribution >= 0.6 is 0 Å². The summed E-state index contributed by atoms with van der Waals surface area (Å²) in [6.07, 6.45) is 4.16. The fourth-order valence-corrected chi connectivity index (χ4v) is 6.97. The van der Waals surface area contributed by atoms with Crippen LogP contribution in [0.5, 0.6) is 0 Å². The number of nitrogens with zero attached hydrogens (tertiary/aromatic N) is 3. The van der Waals surface area contributed by atoms with Crippen LogP contribution < -0.4 is 9.80 Å². The molecule has 44 heavy (non-hydrogen) atoms. The molecule has 0 N–H and O–H groups in total. The van der Waals surface area contributed by atoms with Crippen molar-refractivity contribution in [3.8, 4) is 0 Å². The molecule has 1 atom stereocenters. The van der Waals surface area contributed by atoms with E-state index in [1.165, 1.54) is 44.1 Å². The van der Waals surface area contributed by atoms with Crippen LogP contribution in [0.1, 0.15) is 19.8 Å². The Hall–Kier alpha value is -5.41. The second-order valence-electron chi connectivity index (χ2n) is 11.6. The van der Waals surface area contributed by atoms with Crippen LogP contribution in [-0.4, -0.2) is 5.84 Å². The normalized spacial score (nSPS) is 16.1. The minimum Gasteiger partial charge on any atom is -0.310 e. The van der Waals surface area contributed by atoms with Crippen molar-refractivity contribution in [1.29, 1.82) is 0 Å². The van der Waals surface area contributed by atoms with Crippen molar-refractivity contribution < 1.29 is 0 Å². The Balaban J connectivity index is 1.28. The van der Waals surface area contributed by atoms with Crippen molar-refractivity contribution in [2.24, 2.45) is 10.9 Å². The van der Waals surface area contributed by atoms with E-state index in [0.29, 0.717) is 0 Å². The summed E-state index contributed by atoms with van der Waals surface area (Å²) in [4.78, 5) is 10.1. The van der Waals surface area contributed by atoms with Crippen LogP contribution in [-0.2, 0) is 0 Å². The van der Waals surface area contributed by atoms with Crippen LogP contribution in [0.3, 0.4) is 0 Å². The summed E-state index contributed by atoms with van der Waals surface area (Å²) >= 11 is 0. The quantitative estimate of drug-likeness (QED) is 0.206. The lowest BCUT2D eigenvalue weighted by molar-refractivity contribution is 0.668. The summed E-state index contributed by atoms with van der Waals surface area (Å²) in [5.41, 5.74) is 8.55. The molecule has 212 valence electrons. The van der Waals surface area contributed by atoms with Gasteiger partial charge in [-0.25, -0.2) is 4.99 Å². The predicted octanol–water partition coefficient (Wildman–Crippen LogP) is 10.9. The monoisotopic (exact) mass is 567 g/mol. The number of amidine groups is 1. The van der Waals surface area contributed by atoms with Crippen LogP contribution in [0.4, 0.5) is 22.7 Å². The largest absolute Gasteiger partial charge is 0.310 e. The van der Waals surface area contributed by atoms with E-state index in [0.717, 1.165) is 35.7 Å². The third-order valence-corrected chi connectivity index (χ3v) is 9.01. The van der Waals surface area contributed by atoms with Crippen molar-refractivity contribution >= 4 is 50.1 Å². The lowest BCUT2D eigenvalue weighted by atomic mass is 9.82. The van der Waals surface area contributed by atoms with E-state index in [1.54, 1.807) is 0 Å². The zero-order valence-electron chi connectivity index (χ0n) is 24.8. The highest BCUT2D eigenvalue weighted by Crippen LogP contribution is 2.48. The van der Waals surface area contributed by atoms with Gasteiger partial charge in [-0.2, -0.15) is 0 Å². The van der Waals surface area contributed by atoms with E-state index in [-0.39, 0.29) is 5.92 Å². The van der Waals surface area contributed by atoms with E-state index in [2.05, 4.69) is 169 Å². The van der Waals surface area contributed by atoms with Gasteiger partial charge < -0.3 is 4.90 Å². The molecule has 8 rings (SSSR count). The standard InChI is InChI=1S/C41H33N3/c1-29-26-27-36-37(40(29)43(32-18-4-2-5-19-32)38-24-12-16-30-14-8-10-22-34(30)38)28-42-41(36)44(33-20-6-3-7-21-33)39-25-13-17-31-15-9-11-23-35(31)39/h2-25,28,36H,26-27H2,1H3. The molecule has 6 aromatic carbocycles. The minimum atomic E-state index is 0.161. The van der Waals surface area contributed by atoms with Crippen molar-refractivity contribution in [3.05, 3.63) is 169 Å². The summed E-state index contributed by atoms with van der Waals surface area (Å²) in [7, 11) is 0. The number of para-hydroxylation sites is 2. The number of benzene rings is 6. The lowest BCUT2D eigenvalue weighted by Crippen LogP contribution is -2.35. The molecule has 0 fully saturated rings. The van der Waals surface area contributed by atoms with Gasteiger partial charge in [0.15, 0.2) is 0 Å². The molecular formula is C41H33N3. The molecule has 0 saturated heterocycles. The molecular weight excluding hydrogens is 534 g/mol. The number of rotatable bonds is 5. The Labute approximate surface area is 258 Å². The minimum absolute atomic E-state index is 0.161. The number of allylic oxidation sites excluding steroid dienone is 2. The first-order chi connectivity index (χ1) is 21.8. The number of fused-ring (bicyclic) bond motifs is 3. The molecule has 0 spiro atoms. The molecule has 0 saturated carbocycles. The van der Waals surface area contributed by atoms with Gasteiger partial charge >= 0.3 is 0 Å². The van der Waals surface area contributed by atoms with Gasteiger partial charge in [0, 0.05) is 39.8 Å². The van der Waals surface area contributed by atoms with Gasteiger partial charge in [0.2, 0.25) is 0 Å². The molecule has 6 aromatic rings. The molecule has 1 aliphatic heterocycles. The smallest absolute Gasteiger partial charge is 0.121 e. The second kappa shape index (κ2) is 11.0. The topological polar surface area (TPSA) is 18.8 Å². The van der Waals surface area contributed by atoms with Gasteiger partial charge in [-0.05, 0) is 72.5 Å². The van der Waals surface area contributed by atoms with E-state index < -0.39 is 0 Å². The maximum atomic E-state index is 5.28. The number of hydrogen-bond acceptors (Lipinski definition) is 3. The molecule has 0 radical (unpaired) electrons. The highest BCUT2D eigenvalue weighted by atomic mass is 15.2. The zero-order chi connectivity index (χ0) is 29.5. The lowest BCUT2D eigenvalue weighted by Gasteiger charge is -2.38. The number of hydrogen-bond donors (Lipinski definition) is 0. The van der Waals surface area contributed by atoms with E-state index >= 15 is 0 Å². The van der Waals surface area contributed by atoms with Gasteiger partial charge in [0.05, 0.1) is 17.1 Å². The average Bonchev–Trinajstić information content (AvgIpc) is 3.51. The Morgan fingerprint density at radius 3 is 1.66 bits per heavy atom. The zero-order valence-corrected chi connectivity index (χ0v) is 24.8. The highest BCUT2D eigenvalue weighted by Gasteiger charge is 2.38. The van der Waals surface area contributed by atoms with Gasteiger partial charge in [-0.15, -0.1) is 0 Å². The van der Waals surface area contributed by atoms with Gasteiger partial charge in [0.25, 0.3) is 0 Å². The Morgan fingerprint density at radius 1 is 0.545 bits per heavy atom. The first-order valence-electron chi connectivity index (χ1n) is 15.4. The summed E-state index contributed by atoms with van der Waals surface area (Å²) < 4.78 is 0. The Kier molecular flexibility index (Phi) is 6.57. The summed E-state index contributed by atoms with van der Waals surface area (Å²) in [6, 6.07) is 52.0. The molecule has 1 aliphatic carbocycles. The highest BCUT2D eigenvalue weighted by molar-refractivity contribution is 6.14. The van der Waals surface area contributed by atoms with Crippen molar-refractivity contribution in [1.82, 2.24) is 0 Å². The van der Waals surface area contributed by atoms with Gasteiger partial charge in [-0.3, -0.25) is 4.90 Å². The second-order valence-corrected chi connectivity index (χ2v) is 11.6. The van der Waals surface area contributed by atoms with Crippen LogP contribution in [0, 0.1) is 5.92 Å². The van der Waals surface area contributed by atoms with Crippen molar-refractivity contribution in [2.45, 2.75) is 19.8 Å². The van der Waals surface area contributed by atoms with Gasteiger partial charge in [0.1, 0.15) is 5.84 Å². The summed E-state index contributed by atoms with van der Waals surface area (Å²) in [5, 5.41) is 4.92. The average molecular weight is 568 g/mol. The third-order valence-electron chi connectivity index (χ3n) is 9.01. The number of anilines is 4. The van der Waals surface area contributed by atoms with Crippen LogP contribution in [0.15, 0.2) is 174 Å². The third kappa shape index (κ3) is 4.40. The molecule has 1 unspecified atom stereocenters. The van der Waals surface area contributed by atoms with Crippen LogP contribution in [0.2, 0.25) is 0 Å². The maximum absolute atomic E-state index is 5.28. The first-order valence-corrected chi connectivity index (χ1v) is 15.4. The molecule has 0 aromatic heterocycles. The fraction of sp³-hybridized carbons (Fsp3) is 0.0976. The van der Waals surface area contributed by atoms with E-state index in [1.807, 2.05) is 0 Å². The molecule has 2 aliphatic rings. The molecule has 3 heteroatoms. The van der Waals surface area contributed by atoms with E-state index in [4.69, 9.17) is 4.99 Å². The molecule has 3 nitrogen and oxygen atoms in total. The molecule has 0 amide bonds. The summed E-state index contributed by atoms with van der Waals surface area (Å²) in [6.45, 7) is 2.30. The fourth-order valence-electron chi connectivity index (χ4n) is 6.97. The Bertz CT molecular complexity index is 2080. The number of aliphatic imine (C=N–C) groups is 1.